The van der Waals surface area contributed by atoms with E-state index in [0.29, 0.717) is 5.56 Å². The van der Waals surface area contributed by atoms with Crippen molar-refractivity contribution in [2.24, 2.45) is 0 Å². The van der Waals surface area contributed by atoms with Gasteiger partial charge in [-0.3, -0.25) is 4.98 Å². The molecule has 0 radical (unpaired) electrons. The summed E-state index contributed by atoms with van der Waals surface area (Å²) in [7, 11) is 0. The second-order valence-electron chi connectivity index (χ2n) is 4.58. The van der Waals surface area contributed by atoms with Crippen molar-refractivity contribution in [3.63, 3.8) is 0 Å². The molecule has 2 nitrogen and oxygen atoms in total. The van der Waals surface area contributed by atoms with Crippen LogP contribution in [0.5, 0.6) is 0 Å². The Bertz CT molecular complexity index is 603. The Balaban J connectivity index is 2.65. The van der Waals surface area contributed by atoms with Gasteiger partial charge in [0.25, 0.3) is 0 Å². The zero-order valence-corrected chi connectivity index (χ0v) is 11.7. The van der Waals surface area contributed by atoms with Crippen molar-refractivity contribution in [2.45, 2.75) is 18.2 Å². The molecule has 0 aliphatic heterocycles. The molecule has 0 saturated heterocycles. The first-order chi connectivity index (χ1) is 9.89. The fourth-order valence-electron chi connectivity index (χ4n) is 2.26. The maximum absolute atomic E-state index is 13.2. The van der Waals surface area contributed by atoms with Crippen molar-refractivity contribution >= 4 is 11.6 Å². The first-order valence-electron chi connectivity index (χ1n) is 6.25. The highest BCUT2D eigenvalue weighted by Crippen LogP contribution is 2.41. The zero-order valence-electron chi connectivity index (χ0n) is 10.9. The van der Waals surface area contributed by atoms with Gasteiger partial charge < -0.3 is 5.11 Å². The molecule has 6 heteroatoms. The minimum atomic E-state index is -4.58. The number of aliphatic hydroxyl groups is 1. The molecule has 0 fully saturated rings. The van der Waals surface area contributed by atoms with Crippen LogP contribution in [0.4, 0.5) is 13.2 Å². The van der Waals surface area contributed by atoms with Crippen LogP contribution >= 0.6 is 11.6 Å². The molecule has 0 bridgehead atoms. The van der Waals surface area contributed by atoms with E-state index in [4.69, 9.17) is 11.6 Å². The van der Waals surface area contributed by atoms with Crippen molar-refractivity contribution in [2.75, 3.05) is 5.88 Å². The van der Waals surface area contributed by atoms with Crippen molar-refractivity contribution < 1.29 is 18.3 Å². The van der Waals surface area contributed by atoms with E-state index in [2.05, 4.69) is 4.98 Å². The van der Waals surface area contributed by atoms with E-state index in [1.165, 1.54) is 0 Å². The van der Waals surface area contributed by atoms with Crippen LogP contribution in [0.25, 0.3) is 0 Å². The van der Waals surface area contributed by atoms with E-state index >= 15 is 0 Å². The largest absolute Gasteiger partial charge is 0.416 e. The van der Waals surface area contributed by atoms with Crippen LogP contribution in [0.1, 0.15) is 23.1 Å². The summed E-state index contributed by atoms with van der Waals surface area (Å²) < 4.78 is 39.5. The van der Waals surface area contributed by atoms with Gasteiger partial charge in [-0.1, -0.05) is 30.3 Å². The second kappa shape index (κ2) is 6.03. The van der Waals surface area contributed by atoms with Crippen LogP contribution in [-0.2, 0) is 11.8 Å². The van der Waals surface area contributed by atoms with Gasteiger partial charge in [-0.15, -0.1) is 11.6 Å². The Kier molecular flexibility index (Phi) is 4.54. The topological polar surface area (TPSA) is 33.1 Å². The van der Waals surface area contributed by atoms with Crippen LogP contribution in [-0.4, -0.2) is 16.0 Å². The SMILES string of the molecule is OC(CCCl)(c1ccccc1)c1cnccc1C(F)(F)F. The quantitative estimate of drug-likeness (QED) is 0.866. The lowest BCUT2D eigenvalue weighted by molar-refractivity contribution is -0.140. The fraction of sp³-hybridized carbons (Fsp3) is 0.267. The van der Waals surface area contributed by atoms with Gasteiger partial charge in [0.1, 0.15) is 5.60 Å². The summed E-state index contributed by atoms with van der Waals surface area (Å²) in [6.45, 7) is 0. The molecule has 1 unspecified atom stereocenters. The van der Waals surface area contributed by atoms with Crippen LogP contribution in [0.2, 0.25) is 0 Å². The molecular weight excluding hydrogens is 303 g/mol. The van der Waals surface area contributed by atoms with Crippen LogP contribution < -0.4 is 0 Å². The van der Waals surface area contributed by atoms with E-state index in [0.717, 1.165) is 18.5 Å². The minimum Gasteiger partial charge on any atom is -0.380 e. The molecule has 0 saturated carbocycles. The van der Waals surface area contributed by atoms with Gasteiger partial charge in [-0.05, 0) is 18.1 Å². The first-order valence-corrected chi connectivity index (χ1v) is 6.78. The summed E-state index contributed by atoms with van der Waals surface area (Å²) in [5.74, 6) is 0.0115. The number of nitrogens with zero attached hydrogens (tertiary/aromatic N) is 1. The number of pyridine rings is 1. The van der Waals surface area contributed by atoms with Gasteiger partial charge >= 0.3 is 6.18 Å². The zero-order chi connectivity index (χ0) is 15.5. The number of hydrogen-bond donors (Lipinski definition) is 1. The molecule has 1 heterocycles. The normalized spacial score (nSPS) is 14.7. The lowest BCUT2D eigenvalue weighted by atomic mass is 9.82. The lowest BCUT2D eigenvalue weighted by Crippen LogP contribution is -2.31. The highest BCUT2D eigenvalue weighted by Gasteiger charge is 2.41. The number of benzene rings is 1. The van der Waals surface area contributed by atoms with Gasteiger partial charge in [-0.2, -0.15) is 13.2 Å². The van der Waals surface area contributed by atoms with E-state index in [9.17, 15) is 18.3 Å². The van der Waals surface area contributed by atoms with Gasteiger partial charge in [0.05, 0.1) is 5.56 Å². The molecule has 0 amide bonds. The van der Waals surface area contributed by atoms with Gasteiger partial charge in [-0.25, -0.2) is 0 Å². The molecule has 112 valence electrons. The van der Waals surface area contributed by atoms with E-state index in [-0.39, 0.29) is 17.9 Å². The number of halogens is 4. The van der Waals surface area contributed by atoms with E-state index in [1.807, 2.05) is 0 Å². The molecule has 0 spiro atoms. The van der Waals surface area contributed by atoms with Crippen LogP contribution in [0.3, 0.4) is 0 Å². The van der Waals surface area contributed by atoms with Crippen molar-refractivity contribution in [1.29, 1.82) is 0 Å². The number of aromatic nitrogens is 1. The molecule has 1 atom stereocenters. The Morgan fingerprint density at radius 1 is 1.05 bits per heavy atom. The van der Waals surface area contributed by atoms with Crippen LogP contribution in [0.15, 0.2) is 48.8 Å². The highest BCUT2D eigenvalue weighted by molar-refractivity contribution is 6.17. The summed E-state index contributed by atoms with van der Waals surface area (Å²) in [5, 5.41) is 10.9. The molecule has 0 aliphatic carbocycles. The lowest BCUT2D eigenvalue weighted by Gasteiger charge is -2.30. The third kappa shape index (κ3) is 3.19. The molecule has 21 heavy (non-hydrogen) atoms. The highest BCUT2D eigenvalue weighted by atomic mass is 35.5. The third-order valence-corrected chi connectivity index (χ3v) is 3.47. The predicted octanol–water partition coefficient (Wildman–Crippen LogP) is 3.97. The molecule has 2 rings (SSSR count). The summed E-state index contributed by atoms with van der Waals surface area (Å²) >= 11 is 5.69. The third-order valence-electron chi connectivity index (χ3n) is 3.28. The standard InChI is InChI=1S/C15H13ClF3NO/c16-8-7-14(21,11-4-2-1-3-5-11)13-10-20-9-6-12(13)15(17,18)19/h1-6,9-10,21H,7-8H2. The van der Waals surface area contributed by atoms with E-state index in [1.54, 1.807) is 30.3 Å². The number of rotatable bonds is 4. The predicted molar refractivity (Wildman–Crippen MR) is 74.0 cm³/mol. The maximum Gasteiger partial charge on any atom is 0.416 e. The monoisotopic (exact) mass is 315 g/mol. The molecule has 1 aromatic heterocycles. The second-order valence-corrected chi connectivity index (χ2v) is 4.96. The van der Waals surface area contributed by atoms with Gasteiger partial charge in [0.2, 0.25) is 0 Å². The Labute approximate surface area is 125 Å². The van der Waals surface area contributed by atoms with Crippen molar-refractivity contribution in [3.8, 4) is 0 Å². The molecule has 2 aromatic rings. The Hall–Kier alpha value is -1.59. The fourth-order valence-corrected chi connectivity index (χ4v) is 2.53. The smallest absolute Gasteiger partial charge is 0.380 e. The minimum absolute atomic E-state index is 0.0115. The van der Waals surface area contributed by atoms with Gasteiger partial charge in [0, 0.05) is 23.8 Å². The summed E-state index contributed by atoms with van der Waals surface area (Å²) in [6.07, 6.45) is -2.53. The van der Waals surface area contributed by atoms with Gasteiger partial charge in [0.15, 0.2) is 0 Å². The first kappa shape index (κ1) is 15.8. The number of hydrogen-bond acceptors (Lipinski definition) is 2. The van der Waals surface area contributed by atoms with E-state index < -0.39 is 17.3 Å². The maximum atomic E-state index is 13.2. The van der Waals surface area contributed by atoms with Crippen LogP contribution in [0, 0.1) is 0 Å². The molecule has 1 N–H and O–H groups in total. The van der Waals surface area contributed by atoms with Crippen molar-refractivity contribution in [3.05, 3.63) is 65.5 Å². The summed E-state index contributed by atoms with van der Waals surface area (Å²) in [6, 6.07) is 9.02. The average Bonchev–Trinajstić information content (AvgIpc) is 2.47. The Morgan fingerprint density at radius 2 is 1.71 bits per heavy atom. The summed E-state index contributed by atoms with van der Waals surface area (Å²) in [4.78, 5) is 3.73. The Morgan fingerprint density at radius 3 is 2.29 bits per heavy atom. The molecule has 0 aliphatic rings. The number of alkyl halides is 4. The summed E-state index contributed by atoms with van der Waals surface area (Å²) in [5.41, 5.74) is -2.68. The average molecular weight is 316 g/mol. The molecular formula is C15H13ClF3NO. The molecule has 1 aromatic carbocycles. The van der Waals surface area contributed by atoms with Crippen molar-refractivity contribution in [1.82, 2.24) is 4.98 Å².